The maximum atomic E-state index is 12.9. The summed E-state index contributed by atoms with van der Waals surface area (Å²) in [4.78, 5) is 27.4. The number of hydrogen-bond acceptors (Lipinski definition) is 3. The molecular weight excluding hydrogens is 338 g/mol. The Labute approximate surface area is 161 Å². The first-order valence-corrected chi connectivity index (χ1v) is 9.38. The van der Waals surface area contributed by atoms with Gasteiger partial charge in [0.05, 0.1) is 7.11 Å². The van der Waals surface area contributed by atoms with E-state index in [1.54, 1.807) is 24.1 Å². The van der Waals surface area contributed by atoms with Crippen LogP contribution in [0.1, 0.15) is 55.1 Å². The third kappa shape index (κ3) is 4.57. The van der Waals surface area contributed by atoms with Crippen molar-refractivity contribution in [2.75, 3.05) is 7.11 Å². The van der Waals surface area contributed by atoms with Crippen molar-refractivity contribution in [1.82, 2.24) is 4.90 Å². The van der Waals surface area contributed by atoms with Crippen molar-refractivity contribution in [3.05, 3.63) is 65.2 Å². The van der Waals surface area contributed by atoms with E-state index < -0.39 is 11.7 Å². The first kappa shape index (κ1) is 19.2. The second kappa shape index (κ2) is 7.55. The Morgan fingerprint density at radius 3 is 2.07 bits per heavy atom. The summed E-state index contributed by atoms with van der Waals surface area (Å²) in [6.45, 7) is 6.81. The zero-order valence-corrected chi connectivity index (χ0v) is 16.5. The highest BCUT2D eigenvalue weighted by Crippen LogP contribution is 2.30. The van der Waals surface area contributed by atoms with Gasteiger partial charge in [0.1, 0.15) is 5.75 Å². The fourth-order valence-electron chi connectivity index (χ4n) is 3.06. The van der Waals surface area contributed by atoms with Gasteiger partial charge in [-0.3, -0.25) is 9.59 Å². The molecule has 0 atom stereocenters. The lowest BCUT2D eigenvalue weighted by molar-refractivity contribution is -0.127. The van der Waals surface area contributed by atoms with E-state index in [2.05, 4.69) is 20.8 Å². The molecule has 1 aliphatic carbocycles. The van der Waals surface area contributed by atoms with E-state index in [0.29, 0.717) is 12.1 Å². The molecule has 3 rings (SSSR count). The molecule has 0 saturated heterocycles. The molecule has 1 amide bonds. The van der Waals surface area contributed by atoms with Crippen LogP contribution in [-0.4, -0.2) is 29.7 Å². The molecule has 0 bridgehead atoms. The summed E-state index contributed by atoms with van der Waals surface area (Å²) in [5.74, 6) is -0.0780. The average molecular weight is 365 g/mol. The topological polar surface area (TPSA) is 46.6 Å². The maximum absolute atomic E-state index is 12.9. The molecule has 1 aliphatic rings. The molecule has 0 aromatic heterocycles. The van der Waals surface area contributed by atoms with Crippen molar-refractivity contribution in [3.63, 3.8) is 0 Å². The fourth-order valence-corrected chi connectivity index (χ4v) is 3.06. The van der Waals surface area contributed by atoms with Crippen LogP contribution in [0, 0.1) is 0 Å². The van der Waals surface area contributed by atoms with Gasteiger partial charge in [-0.05, 0) is 41.5 Å². The van der Waals surface area contributed by atoms with E-state index in [1.807, 2.05) is 36.4 Å². The van der Waals surface area contributed by atoms with Crippen molar-refractivity contribution >= 4 is 11.7 Å². The fraction of sp³-hybridized carbons (Fsp3) is 0.391. The molecule has 0 spiro atoms. The smallest absolute Gasteiger partial charge is 0.295 e. The summed E-state index contributed by atoms with van der Waals surface area (Å²) in [5, 5.41) is 0. The van der Waals surface area contributed by atoms with Crippen LogP contribution in [0.3, 0.4) is 0 Å². The summed E-state index contributed by atoms with van der Waals surface area (Å²) in [6, 6.07) is 15.2. The van der Waals surface area contributed by atoms with Gasteiger partial charge in [-0.15, -0.1) is 0 Å². The van der Waals surface area contributed by atoms with Crippen LogP contribution >= 0.6 is 0 Å². The number of amides is 1. The molecule has 0 unspecified atom stereocenters. The van der Waals surface area contributed by atoms with Crippen LogP contribution in [0.25, 0.3) is 0 Å². The van der Waals surface area contributed by atoms with Gasteiger partial charge in [0.25, 0.3) is 5.91 Å². The molecule has 0 radical (unpaired) electrons. The zero-order valence-electron chi connectivity index (χ0n) is 16.5. The number of rotatable bonds is 6. The number of benzene rings is 2. The monoisotopic (exact) mass is 365 g/mol. The Morgan fingerprint density at radius 2 is 1.59 bits per heavy atom. The van der Waals surface area contributed by atoms with Crippen molar-refractivity contribution in [2.24, 2.45) is 0 Å². The molecule has 1 fully saturated rings. The summed E-state index contributed by atoms with van der Waals surface area (Å²) in [5.41, 5.74) is 2.60. The third-order valence-corrected chi connectivity index (χ3v) is 4.97. The third-order valence-electron chi connectivity index (χ3n) is 4.97. The SMILES string of the molecule is COc1ccc(CN(C(=O)C(=O)c2ccc(C(C)(C)C)cc2)C2CC2)cc1. The molecule has 2 aromatic carbocycles. The molecule has 4 heteroatoms. The first-order chi connectivity index (χ1) is 12.8. The Kier molecular flexibility index (Phi) is 5.36. The highest BCUT2D eigenvalue weighted by molar-refractivity contribution is 6.42. The van der Waals surface area contributed by atoms with E-state index in [4.69, 9.17) is 4.74 Å². The number of methoxy groups -OCH3 is 1. The van der Waals surface area contributed by atoms with Crippen molar-refractivity contribution in [2.45, 2.75) is 51.6 Å². The number of ketones is 1. The van der Waals surface area contributed by atoms with E-state index in [1.165, 1.54) is 0 Å². The molecule has 0 heterocycles. The largest absolute Gasteiger partial charge is 0.497 e. The number of carbonyl (C=O) groups excluding carboxylic acids is 2. The number of carbonyl (C=O) groups is 2. The van der Waals surface area contributed by atoms with Gasteiger partial charge in [0.2, 0.25) is 5.78 Å². The molecule has 2 aromatic rings. The minimum atomic E-state index is -0.434. The molecule has 142 valence electrons. The number of Topliss-reactive ketones (excluding diaryl/α,β-unsaturated/α-hetero) is 1. The number of nitrogens with zero attached hydrogens (tertiary/aromatic N) is 1. The second-order valence-corrected chi connectivity index (χ2v) is 8.17. The minimum absolute atomic E-state index is 0.0139. The molecule has 0 N–H and O–H groups in total. The molecule has 0 aliphatic heterocycles. The van der Waals surface area contributed by atoms with Gasteiger partial charge in [0, 0.05) is 18.2 Å². The summed E-state index contributed by atoms with van der Waals surface area (Å²) in [6.07, 6.45) is 1.91. The second-order valence-electron chi connectivity index (χ2n) is 8.17. The van der Waals surface area contributed by atoms with Crippen LogP contribution in [0.5, 0.6) is 5.75 Å². The maximum Gasteiger partial charge on any atom is 0.295 e. The Balaban J connectivity index is 1.75. The summed E-state index contributed by atoms with van der Waals surface area (Å²) in [7, 11) is 1.62. The van der Waals surface area contributed by atoms with Crippen molar-refractivity contribution in [1.29, 1.82) is 0 Å². The average Bonchev–Trinajstić information content (AvgIpc) is 3.50. The Bertz CT molecular complexity index is 812. The molecule has 1 saturated carbocycles. The first-order valence-electron chi connectivity index (χ1n) is 9.38. The number of ether oxygens (including phenoxy) is 1. The standard InChI is InChI=1S/C23H27NO3/c1-23(2,3)18-9-7-17(8-10-18)21(25)22(26)24(19-11-12-19)15-16-5-13-20(27-4)14-6-16/h5-10,13-14,19H,11-12,15H2,1-4H3. The summed E-state index contributed by atoms with van der Waals surface area (Å²) >= 11 is 0. The van der Waals surface area contributed by atoms with Crippen molar-refractivity contribution < 1.29 is 14.3 Å². The quantitative estimate of drug-likeness (QED) is 0.564. The van der Waals surface area contributed by atoms with E-state index >= 15 is 0 Å². The van der Waals surface area contributed by atoms with Crippen LogP contribution in [-0.2, 0) is 16.8 Å². The minimum Gasteiger partial charge on any atom is -0.497 e. The normalized spacial score (nSPS) is 13.9. The van der Waals surface area contributed by atoms with Gasteiger partial charge in [0.15, 0.2) is 0 Å². The highest BCUT2D eigenvalue weighted by Gasteiger charge is 2.35. The Hall–Kier alpha value is -2.62. The molecule has 4 nitrogen and oxygen atoms in total. The van der Waals surface area contributed by atoms with Gasteiger partial charge in [-0.2, -0.15) is 0 Å². The summed E-state index contributed by atoms with van der Waals surface area (Å²) < 4.78 is 5.18. The Morgan fingerprint density at radius 1 is 1.00 bits per heavy atom. The lowest BCUT2D eigenvalue weighted by Crippen LogP contribution is -2.37. The van der Waals surface area contributed by atoms with Gasteiger partial charge in [-0.1, -0.05) is 57.2 Å². The van der Waals surface area contributed by atoms with E-state index in [0.717, 1.165) is 29.7 Å². The van der Waals surface area contributed by atoms with Crippen molar-refractivity contribution in [3.8, 4) is 5.75 Å². The van der Waals surface area contributed by atoms with Gasteiger partial charge < -0.3 is 9.64 Å². The predicted molar refractivity (Wildman–Crippen MR) is 106 cm³/mol. The lowest BCUT2D eigenvalue weighted by Gasteiger charge is -2.22. The van der Waals surface area contributed by atoms with E-state index in [-0.39, 0.29) is 11.5 Å². The van der Waals surface area contributed by atoms with Crippen LogP contribution in [0.4, 0.5) is 0 Å². The van der Waals surface area contributed by atoms with Gasteiger partial charge >= 0.3 is 0 Å². The van der Waals surface area contributed by atoms with Crippen LogP contribution < -0.4 is 4.74 Å². The van der Waals surface area contributed by atoms with Gasteiger partial charge in [-0.25, -0.2) is 0 Å². The van der Waals surface area contributed by atoms with Crippen LogP contribution in [0.2, 0.25) is 0 Å². The van der Waals surface area contributed by atoms with E-state index in [9.17, 15) is 9.59 Å². The molecular formula is C23H27NO3. The predicted octanol–water partition coefficient (Wildman–Crippen LogP) is 4.37. The molecule has 27 heavy (non-hydrogen) atoms. The number of hydrogen-bond donors (Lipinski definition) is 0. The van der Waals surface area contributed by atoms with Crippen LogP contribution in [0.15, 0.2) is 48.5 Å². The lowest BCUT2D eigenvalue weighted by atomic mass is 9.86. The highest BCUT2D eigenvalue weighted by atomic mass is 16.5. The zero-order chi connectivity index (χ0) is 19.6.